The highest BCUT2D eigenvalue weighted by Gasteiger charge is 2.10. The highest BCUT2D eigenvalue weighted by molar-refractivity contribution is 5.83. The third-order valence-corrected chi connectivity index (χ3v) is 3.26. The third kappa shape index (κ3) is 3.55. The second-order valence-electron chi connectivity index (χ2n) is 4.83. The molecule has 19 heavy (non-hydrogen) atoms. The van der Waals surface area contributed by atoms with Gasteiger partial charge in [0, 0.05) is 0 Å². The van der Waals surface area contributed by atoms with Crippen molar-refractivity contribution >= 4 is 16.7 Å². The van der Waals surface area contributed by atoms with Crippen LogP contribution < -0.4 is 0 Å². The van der Waals surface area contributed by atoms with Gasteiger partial charge in [0.15, 0.2) is 0 Å². The minimum Gasteiger partial charge on any atom is -0.481 e. The van der Waals surface area contributed by atoms with Gasteiger partial charge < -0.3 is 10.2 Å². The molecule has 2 aromatic rings. The molecule has 1 atom stereocenters. The van der Waals surface area contributed by atoms with E-state index >= 15 is 0 Å². The Balaban J connectivity index is 2.19. The lowest BCUT2D eigenvalue weighted by molar-refractivity contribution is -0.139. The predicted octanol–water partition coefficient (Wildman–Crippen LogP) is 2.78. The van der Waals surface area contributed by atoms with Gasteiger partial charge in [0.05, 0.1) is 12.5 Å². The number of carbonyl (C=O) groups is 1. The largest absolute Gasteiger partial charge is 0.481 e. The number of rotatable bonds is 5. The summed E-state index contributed by atoms with van der Waals surface area (Å²) >= 11 is 0. The van der Waals surface area contributed by atoms with Crippen LogP contribution in [0.2, 0.25) is 0 Å². The summed E-state index contributed by atoms with van der Waals surface area (Å²) in [6.45, 7) is 2.12. The minimum atomic E-state index is -0.971. The van der Waals surface area contributed by atoms with E-state index < -0.39 is 12.1 Å². The van der Waals surface area contributed by atoms with Crippen LogP contribution in [0.15, 0.2) is 36.4 Å². The first-order valence-corrected chi connectivity index (χ1v) is 6.50. The Kier molecular flexibility index (Phi) is 4.17. The monoisotopic (exact) mass is 258 g/mol. The Morgan fingerprint density at radius 2 is 1.68 bits per heavy atom. The Labute approximate surface area is 112 Å². The highest BCUT2D eigenvalue weighted by Crippen LogP contribution is 2.19. The van der Waals surface area contributed by atoms with E-state index in [-0.39, 0.29) is 6.42 Å². The van der Waals surface area contributed by atoms with Crippen molar-refractivity contribution in [1.82, 2.24) is 0 Å². The molecule has 0 heterocycles. The summed E-state index contributed by atoms with van der Waals surface area (Å²) in [4.78, 5) is 10.5. The van der Waals surface area contributed by atoms with E-state index in [4.69, 9.17) is 5.11 Å². The molecule has 2 N–H and O–H groups in total. The number of benzene rings is 2. The van der Waals surface area contributed by atoms with Crippen LogP contribution in [-0.2, 0) is 17.6 Å². The molecule has 0 fully saturated rings. The number of carboxylic acids is 1. The fourth-order valence-electron chi connectivity index (χ4n) is 2.24. The fraction of sp³-hybridized carbons (Fsp3) is 0.312. The van der Waals surface area contributed by atoms with Crippen molar-refractivity contribution in [1.29, 1.82) is 0 Å². The molecule has 0 bridgehead atoms. The lowest BCUT2D eigenvalue weighted by Crippen LogP contribution is -2.15. The summed E-state index contributed by atoms with van der Waals surface area (Å²) in [6.07, 6.45) is 0.337. The molecule has 0 unspecified atom stereocenters. The Bertz CT molecular complexity index is 590. The Morgan fingerprint density at radius 3 is 2.26 bits per heavy atom. The van der Waals surface area contributed by atoms with Crippen molar-refractivity contribution < 1.29 is 15.0 Å². The second-order valence-corrected chi connectivity index (χ2v) is 4.83. The van der Waals surface area contributed by atoms with Gasteiger partial charge in [-0.25, -0.2) is 0 Å². The summed E-state index contributed by atoms with van der Waals surface area (Å²) < 4.78 is 0. The van der Waals surface area contributed by atoms with Crippen LogP contribution in [0.1, 0.15) is 24.5 Å². The van der Waals surface area contributed by atoms with Gasteiger partial charge in [-0.1, -0.05) is 43.3 Å². The lowest BCUT2D eigenvalue weighted by Gasteiger charge is -2.09. The maximum Gasteiger partial charge on any atom is 0.305 e. The van der Waals surface area contributed by atoms with Crippen molar-refractivity contribution in [3.63, 3.8) is 0 Å². The van der Waals surface area contributed by atoms with E-state index in [1.807, 2.05) is 18.2 Å². The smallest absolute Gasteiger partial charge is 0.305 e. The van der Waals surface area contributed by atoms with Crippen LogP contribution in [0.5, 0.6) is 0 Å². The molecule has 0 aliphatic rings. The number of aliphatic hydroxyl groups is 1. The first-order valence-electron chi connectivity index (χ1n) is 6.50. The maximum absolute atomic E-state index is 10.5. The highest BCUT2D eigenvalue weighted by atomic mass is 16.4. The first-order chi connectivity index (χ1) is 9.08. The summed E-state index contributed by atoms with van der Waals surface area (Å²) in [6, 6.07) is 12.3. The molecule has 0 spiro atoms. The average molecular weight is 258 g/mol. The number of aliphatic hydroxyl groups excluding tert-OH is 1. The van der Waals surface area contributed by atoms with Crippen LogP contribution >= 0.6 is 0 Å². The van der Waals surface area contributed by atoms with Gasteiger partial charge in [-0.15, -0.1) is 0 Å². The van der Waals surface area contributed by atoms with Crippen molar-refractivity contribution in [2.24, 2.45) is 0 Å². The van der Waals surface area contributed by atoms with Crippen LogP contribution in [-0.4, -0.2) is 22.3 Å². The van der Waals surface area contributed by atoms with Crippen molar-refractivity contribution in [2.75, 3.05) is 0 Å². The molecule has 0 saturated heterocycles. The number of fused-ring (bicyclic) bond motifs is 1. The van der Waals surface area contributed by atoms with E-state index in [1.54, 1.807) is 0 Å². The van der Waals surface area contributed by atoms with Crippen LogP contribution in [0.4, 0.5) is 0 Å². The molecular formula is C16H18O3. The van der Waals surface area contributed by atoms with E-state index in [0.29, 0.717) is 6.42 Å². The second kappa shape index (κ2) is 5.85. The van der Waals surface area contributed by atoms with Gasteiger partial charge in [0.1, 0.15) is 0 Å². The average Bonchev–Trinajstić information content (AvgIpc) is 2.37. The molecule has 0 radical (unpaired) electrons. The molecule has 0 amide bonds. The number of aryl methyl sites for hydroxylation is 1. The summed E-state index contributed by atoms with van der Waals surface area (Å²) in [5.41, 5.74) is 2.26. The molecule has 0 aliphatic heterocycles. The summed E-state index contributed by atoms with van der Waals surface area (Å²) in [7, 11) is 0. The standard InChI is InChI=1S/C16H18O3/c1-2-11-3-5-14-8-12(4-6-13(14)7-11)9-15(17)10-16(18)19/h3-8,15,17H,2,9-10H2,1H3,(H,18,19)/t15-/m0/s1. The number of hydrogen-bond acceptors (Lipinski definition) is 2. The quantitative estimate of drug-likeness (QED) is 0.867. The lowest BCUT2D eigenvalue weighted by atomic mass is 10.00. The summed E-state index contributed by atoms with van der Waals surface area (Å²) in [5, 5.41) is 20.6. The number of aliphatic carboxylic acids is 1. The maximum atomic E-state index is 10.5. The zero-order chi connectivity index (χ0) is 13.8. The molecule has 100 valence electrons. The van der Waals surface area contributed by atoms with Crippen LogP contribution in [0, 0.1) is 0 Å². The molecule has 0 aromatic heterocycles. The molecule has 0 aliphatic carbocycles. The minimum absolute atomic E-state index is 0.215. The van der Waals surface area contributed by atoms with Crippen molar-refractivity contribution in [3.05, 3.63) is 47.5 Å². The number of hydrogen-bond donors (Lipinski definition) is 2. The normalized spacial score (nSPS) is 12.5. The summed E-state index contributed by atoms with van der Waals surface area (Å²) in [5.74, 6) is -0.971. The van der Waals surface area contributed by atoms with Gasteiger partial charge in [-0.3, -0.25) is 4.79 Å². The predicted molar refractivity (Wildman–Crippen MR) is 75.3 cm³/mol. The molecule has 0 saturated carbocycles. The van der Waals surface area contributed by atoms with E-state index in [9.17, 15) is 9.90 Å². The zero-order valence-electron chi connectivity index (χ0n) is 11.0. The molecular weight excluding hydrogens is 240 g/mol. The topological polar surface area (TPSA) is 57.5 Å². The van der Waals surface area contributed by atoms with Gasteiger partial charge in [0.2, 0.25) is 0 Å². The molecule has 2 aromatic carbocycles. The first kappa shape index (κ1) is 13.6. The Morgan fingerprint density at radius 1 is 1.11 bits per heavy atom. The SMILES string of the molecule is CCc1ccc2cc(C[C@H](O)CC(=O)O)ccc2c1. The fourth-order valence-corrected chi connectivity index (χ4v) is 2.24. The number of carboxylic acid groups (broad SMARTS) is 1. The molecule has 2 rings (SSSR count). The van der Waals surface area contributed by atoms with Crippen molar-refractivity contribution in [3.8, 4) is 0 Å². The van der Waals surface area contributed by atoms with Crippen molar-refractivity contribution in [2.45, 2.75) is 32.3 Å². The van der Waals surface area contributed by atoms with E-state index in [2.05, 4.69) is 25.1 Å². The third-order valence-electron chi connectivity index (χ3n) is 3.26. The van der Waals surface area contributed by atoms with Gasteiger partial charge in [0.25, 0.3) is 0 Å². The van der Waals surface area contributed by atoms with Crippen LogP contribution in [0.3, 0.4) is 0 Å². The van der Waals surface area contributed by atoms with E-state index in [1.165, 1.54) is 10.9 Å². The molecule has 3 nitrogen and oxygen atoms in total. The van der Waals surface area contributed by atoms with Gasteiger partial charge in [-0.2, -0.15) is 0 Å². The zero-order valence-corrected chi connectivity index (χ0v) is 11.0. The van der Waals surface area contributed by atoms with E-state index in [0.717, 1.165) is 17.4 Å². The van der Waals surface area contributed by atoms with Crippen LogP contribution in [0.25, 0.3) is 10.8 Å². The van der Waals surface area contributed by atoms with Gasteiger partial charge >= 0.3 is 5.97 Å². The Hall–Kier alpha value is -1.87. The van der Waals surface area contributed by atoms with Gasteiger partial charge in [-0.05, 0) is 34.7 Å². The molecule has 3 heteroatoms.